The van der Waals surface area contributed by atoms with Gasteiger partial charge < -0.3 is 10.2 Å². The molecule has 1 fully saturated rings. The van der Waals surface area contributed by atoms with Gasteiger partial charge in [-0.25, -0.2) is 8.78 Å². The fraction of sp³-hybridized carbons (Fsp3) is 0.368. The number of benzene rings is 2. The molecule has 0 unspecified atom stereocenters. The molecule has 0 bridgehead atoms. The summed E-state index contributed by atoms with van der Waals surface area (Å²) in [6.07, 6.45) is -2.44. The maximum absolute atomic E-state index is 13.1. The summed E-state index contributed by atoms with van der Waals surface area (Å²) in [5.74, 6) is 0. The SMILES string of the molecule is Cc1cc(C)cc(Sc2ccc(C(F)F)cc2N2CCNCC2)c1. The Morgan fingerprint density at radius 1 is 1.00 bits per heavy atom. The minimum atomic E-state index is -2.44. The molecule has 0 radical (unpaired) electrons. The van der Waals surface area contributed by atoms with Gasteiger partial charge in [0.25, 0.3) is 6.43 Å². The molecule has 2 aromatic carbocycles. The van der Waals surface area contributed by atoms with Crippen molar-refractivity contribution in [2.24, 2.45) is 0 Å². The zero-order chi connectivity index (χ0) is 17.1. The van der Waals surface area contributed by atoms with Crippen molar-refractivity contribution in [2.45, 2.75) is 30.1 Å². The Hall–Kier alpha value is -1.59. The third kappa shape index (κ3) is 4.08. The minimum absolute atomic E-state index is 0.0910. The number of hydrogen-bond donors (Lipinski definition) is 1. The van der Waals surface area contributed by atoms with E-state index >= 15 is 0 Å². The number of nitrogens with one attached hydrogen (secondary N) is 1. The van der Waals surface area contributed by atoms with Crippen LogP contribution in [0.1, 0.15) is 23.1 Å². The monoisotopic (exact) mass is 348 g/mol. The summed E-state index contributed by atoms with van der Waals surface area (Å²) < 4.78 is 26.3. The molecule has 0 saturated carbocycles. The molecule has 0 atom stereocenters. The van der Waals surface area contributed by atoms with Gasteiger partial charge in [0.15, 0.2) is 0 Å². The Labute approximate surface area is 146 Å². The van der Waals surface area contributed by atoms with Crippen molar-refractivity contribution in [3.8, 4) is 0 Å². The van der Waals surface area contributed by atoms with E-state index in [9.17, 15) is 8.78 Å². The number of alkyl halides is 2. The second-order valence-electron chi connectivity index (χ2n) is 6.19. The highest BCUT2D eigenvalue weighted by Gasteiger charge is 2.18. The standard InChI is InChI=1S/C19H22F2N2S/c1-13-9-14(2)11-16(10-13)24-18-4-3-15(19(20)21)12-17(18)23-7-5-22-6-8-23/h3-4,9-12,19,22H,5-8H2,1-2H3. The molecule has 0 aromatic heterocycles. The normalized spacial score (nSPS) is 15.1. The second kappa shape index (κ2) is 7.53. The third-order valence-corrected chi connectivity index (χ3v) is 5.15. The summed E-state index contributed by atoms with van der Waals surface area (Å²) in [6.45, 7) is 7.60. The van der Waals surface area contributed by atoms with E-state index in [2.05, 4.69) is 42.3 Å². The molecule has 1 saturated heterocycles. The molecule has 1 aliphatic heterocycles. The van der Waals surface area contributed by atoms with Crippen LogP contribution in [0.4, 0.5) is 14.5 Å². The molecule has 1 N–H and O–H groups in total. The van der Waals surface area contributed by atoms with Gasteiger partial charge in [-0.2, -0.15) is 0 Å². The lowest BCUT2D eigenvalue weighted by Gasteiger charge is -2.31. The molecule has 5 heteroatoms. The van der Waals surface area contributed by atoms with E-state index in [1.54, 1.807) is 23.9 Å². The van der Waals surface area contributed by atoms with E-state index in [1.165, 1.54) is 11.1 Å². The fourth-order valence-corrected chi connectivity index (χ4v) is 4.20. The summed E-state index contributed by atoms with van der Waals surface area (Å²) in [4.78, 5) is 4.38. The highest BCUT2D eigenvalue weighted by molar-refractivity contribution is 7.99. The maximum atomic E-state index is 13.1. The van der Waals surface area contributed by atoms with Crippen LogP contribution >= 0.6 is 11.8 Å². The van der Waals surface area contributed by atoms with Crippen molar-refractivity contribution < 1.29 is 8.78 Å². The highest BCUT2D eigenvalue weighted by atomic mass is 32.2. The Morgan fingerprint density at radius 3 is 2.29 bits per heavy atom. The molecule has 0 spiro atoms. The van der Waals surface area contributed by atoms with Crippen molar-refractivity contribution in [1.82, 2.24) is 5.32 Å². The second-order valence-corrected chi connectivity index (χ2v) is 7.31. The van der Waals surface area contributed by atoms with Gasteiger partial charge in [-0.05, 0) is 49.2 Å². The summed E-state index contributed by atoms with van der Waals surface area (Å²) in [7, 11) is 0. The molecule has 24 heavy (non-hydrogen) atoms. The topological polar surface area (TPSA) is 15.3 Å². The van der Waals surface area contributed by atoms with Crippen LogP contribution in [0.2, 0.25) is 0 Å². The van der Waals surface area contributed by atoms with E-state index in [1.807, 2.05) is 6.07 Å². The zero-order valence-corrected chi connectivity index (χ0v) is 14.8. The molecule has 3 rings (SSSR count). The van der Waals surface area contributed by atoms with Crippen LogP contribution in [0.5, 0.6) is 0 Å². The molecule has 1 heterocycles. The van der Waals surface area contributed by atoms with Gasteiger partial charge >= 0.3 is 0 Å². The quantitative estimate of drug-likeness (QED) is 0.854. The first-order valence-corrected chi connectivity index (χ1v) is 8.98. The number of nitrogens with zero attached hydrogens (tertiary/aromatic N) is 1. The van der Waals surface area contributed by atoms with Crippen molar-refractivity contribution in [3.63, 3.8) is 0 Å². The molecule has 128 valence electrons. The van der Waals surface area contributed by atoms with Crippen LogP contribution in [0.3, 0.4) is 0 Å². The third-order valence-electron chi connectivity index (χ3n) is 4.12. The first kappa shape index (κ1) is 17.2. The lowest BCUT2D eigenvalue weighted by Crippen LogP contribution is -2.43. The Bertz CT molecular complexity index is 692. The predicted octanol–water partition coefficient (Wildman–Crippen LogP) is 4.80. The lowest BCUT2D eigenvalue weighted by atomic mass is 10.1. The predicted molar refractivity (Wildman–Crippen MR) is 96.5 cm³/mol. The Kier molecular flexibility index (Phi) is 5.41. The van der Waals surface area contributed by atoms with Gasteiger partial charge in [0.2, 0.25) is 0 Å². The first-order chi connectivity index (χ1) is 11.5. The van der Waals surface area contributed by atoms with E-state index in [-0.39, 0.29) is 5.56 Å². The molecule has 0 amide bonds. The fourth-order valence-electron chi connectivity index (χ4n) is 3.03. The zero-order valence-electron chi connectivity index (χ0n) is 14.0. The van der Waals surface area contributed by atoms with Crippen LogP contribution < -0.4 is 10.2 Å². The average Bonchev–Trinajstić information content (AvgIpc) is 2.55. The summed E-state index contributed by atoms with van der Waals surface area (Å²) in [6, 6.07) is 11.4. The summed E-state index contributed by atoms with van der Waals surface area (Å²) >= 11 is 1.65. The van der Waals surface area contributed by atoms with Crippen molar-refractivity contribution in [2.75, 3.05) is 31.1 Å². The number of rotatable bonds is 4. The van der Waals surface area contributed by atoms with Crippen molar-refractivity contribution >= 4 is 17.4 Å². The first-order valence-electron chi connectivity index (χ1n) is 8.17. The largest absolute Gasteiger partial charge is 0.368 e. The summed E-state index contributed by atoms with van der Waals surface area (Å²) in [5, 5.41) is 3.31. The van der Waals surface area contributed by atoms with E-state index in [0.29, 0.717) is 0 Å². The molecular weight excluding hydrogens is 326 g/mol. The van der Waals surface area contributed by atoms with Crippen molar-refractivity contribution in [1.29, 1.82) is 0 Å². The van der Waals surface area contributed by atoms with E-state index < -0.39 is 6.43 Å². The number of piperazine rings is 1. The molecule has 2 aromatic rings. The number of anilines is 1. The van der Waals surface area contributed by atoms with Crippen LogP contribution in [-0.4, -0.2) is 26.2 Å². The smallest absolute Gasteiger partial charge is 0.263 e. The Balaban J connectivity index is 1.95. The van der Waals surface area contributed by atoms with Gasteiger partial charge in [-0.15, -0.1) is 0 Å². The Morgan fingerprint density at radius 2 is 1.67 bits per heavy atom. The number of halogens is 2. The molecule has 1 aliphatic rings. The minimum Gasteiger partial charge on any atom is -0.368 e. The van der Waals surface area contributed by atoms with Gasteiger partial charge in [0.05, 0.1) is 5.69 Å². The van der Waals surface area contributed by atoms with Crippen LogP contribution in [0.25, 0.3) is 0 Å². The number of hydrogen-bond acceptors (Lipinski definition) is 3. The van der Waals surface area contributed by atoms with Gasteiger partial charge in [-0.1, -0.05) is 23.9 Å². The molecular formula is C19H22F2N2S. The number of aryl methyl sites for hydroxylation is 2. The maximum Gasteiger partial charge on any atom is 0.263 e. The highest BCUT2D eigenvalue weighted by Crippen LogP contribution is 2.38. The van der Waals surface area contributed by atoms with Gasteiger partial charge in [0, 0.05) is 41.5 Å². The van der Waals surface area contributed by atoms with Crippen LogP contribution in [0.15, 0.2) is 46.2 Å². The molecule has 2 nitrogen and oxygen atoms in total. The van der Waals surface area contributed by atoms with Crippen LogP contribution in [-0.2, 0) is 0 Å². The summed E-state index contributed by atoms with van der Waals surface area (Å²) in [5.41, 5.74) is 3.43. The molecule has 0 aliphatic carbocycles. The average molecular weight is 348 g/mol. The van der Waals surface area contributed by atoms with Crippen molar-refractivity contribution in [3.05, 3.63) is 53.1 Å². The van der Waals surface area contributed by atoms with Gasteiger partial charge in [-0.3, -0.25) is 0 Å². The van der Waals surface area contributed by atoms with E-state index in [0.717, 1.165) is 41.7 Å². The van der Waals surface area contributed by atoms with Gasteiger partial charge in [0.1, 0.15) is 0 Å². The van der Waals surface area contributed by atoms with E-state index in [4.69, 9.17) is 0 Å². The van der Waals surface area contributed by atoms with Crippen LogP contribution in [0, 0.1) is 13.8 Å². The lowest BCUT2D eigenvalue weighted by molar-refractivity contribution is 0.151.